The molecular formula is C11H13ClN2O4S. The predicted molar refractivity (Wildman–Crippen MR) is 72.0 cm³/mol. The standard InChI is InChI=1S/C11H13ClN2O4S/c12-10-2-1-9(7-11(10)14(15)16)8-13-3-5-19(17,18)6-4-13/h1-2,7H,3-6,8H2. The Hall–Kier alpha value is -1.18. The van der Waals surface area contributed by atoms with Gasteiger partial charge in [0, 0.05) is 25.7 Å². The molecule has 0 aromatic heterocycles. The Morgan fingerprint density at radius 1 is 1.32 bits per heavy atom. The minimum absolute atomic E-state index is 0.106. The number of benzene rings is 1. The Morgan fingerprint density at radius 2 is 1.95 bits per heavy atom. The van der Waals surface area contributed by atoms with Gasteiger partial charge in [-0.2, -0.15) is 0 Å². The van der Waals surface area contributed by atoms with Gasteiger partial charge in [0.25, 0.3) is 5.69 Å². The van der Waals surface area contributed by atoms with E-state index in [1.165, 1.54) is 12.1 Å². The lowest BCUT2D eigenvalue weighted by Gasteiger charge is -2.26. The zero-order chi connectivity index (χ0) is 14.0. The van der Waals surface area contributed by atoms with Crippen molar-refractivity contribution in [3.8, 4) is 0 Å². The van der Waals surface area contributed by atoms with E-state index in [0.717, 1.165) is 5.56 Å². The van der Waals surface area contributed by atoms with Crippen LogP contribution in [0.15, 0.2) is 18.2 Å². The lowest BCUT2D eigenvalue weighted by atomic mass is 10.2. The van der Waals surface area contributed by atoms with E-state index in [4.69, 9.17) is 11.6 Å². The highest BCUT2D eigenvalue weighted by Gasteiger charge is 2.22. The molecule has 1 aliphatic heterocycles. The van der Waals surface area contributed by atoms with Gasteiger partial charge in [-0.15, -0.1) is 0 Å². The summed E-state index contributed by atoms with van der Waals surface area (Å²) >= 11 is 5.74. The van der Waals surface area contributed by atoms with E-state index >= 15 is 0 Å². The Kier molecular flexibility index (Phi) is 4.07. The molecule has 104 valence electrons. The van der Waals surface area contributed by atoms with Gasteiger partial charge in [-0.3, -0.25) is 15.0 Å². The second kappa shape index (κ2) is 5.44. The minimum atomic E-state index is -2.91. The van der Waals surface area contributed by atoms with E-state index in [0.29, 0.717) is 19.6 Å². The molecule has 1 saturated heterocycles. The molecule has 0 spiro atoms. The van der Waals surface area contributed by atoms with Crippen molar-refractivity contribution in [3.63, 3.8) is 0 Å². The van der Waals surface area contributed by atoms with Crippen molar-refractivity contribution in [2.75, 3.05) is 24.6 Å². The average molecular weight is 305 g/mol. The first-order valence-electron chi connectivity index (χ1n) is 5.73. The highest BCUT2D eigenvalue weighted by atomic mass is 35.5. The summed E-state index contributed by atoms with van der Waals surface area (Å²) in [6.45, 7) is 1.41. The third-order valence-corrected chi connectivity index (χ3v) is 4.98. The number of nitro benzene ring substituents is 1. The summed E-state index contributed by atoms with van der Waals surface area (Å²) in [4.78, 5) is 12.2. The number of halogens is 1. The van der Waals surface area contributed by atoms with Gasteiger partial charge in [0.2, 0.25) is 0 Å². The molecule has 0 amide bonds. The monoisotopic (exact) mass is 304 g/mol. The van der Waals surface area contributed by atoms with E-state index in [1.54, 1.807) is 6.07 Å². The summed E-state index contributed by atoms with van der Waals surface area (Å²) in [5.41, 5.74) is 0.638. The second-order valence-electron chi connectivity index (χ2n) is 4.47. The van der Waals surface area contributed by atoms with Crippen LogP contribution in [0.25, 0.3) is 0 Å². The summed E-state index contributed by atoms with van der Waals surface area (Å²) in [7, 11) is -2.91. The van der Waals surface area contributed by atoms with E-state index in [9.17, 15) is 18.5 Å². The Labute approximate surface area is 116 Å². The van der Waals surface area contributed by atoms with E-state index in [2.05, 4.69) is 0 Å². The van der Waals surface area contributed by atoms with Gasteiger partial charge in [-0.05, 0) is 11.6 Å². The first kappa shape index (κ1) is 14.2. The van der Waals surface area contributed by atoms with Gasteiger partial charge in [0.05, 0.1) is 16.4 Å². The quantitative estimate of drug-likeness (QED) is 0.624. The van der Waals surface area contributed by atoms with E-state index in [1.807, 2.05) is 4.90 Å². The van der Waals surface area contributed by atoms with Gasteiger partial charge >= 0.3 is 0 Å². The summed E-state index contributed by atoms with van der Waals surface area (Å²) < 4.78 is 22.6. The van der Waals surface area contributed by atoms with Crippen LogP contribution in [-0.4, -0.2) is 42.8 Å². The van der Waals surface area contributed by atoms with Crippen molar-refractivity contribution >= 4 is 27.1 Å². The molecule has 1 aromatic rings. The normalized spacial score (nSPS) is 19.2. The third-order valence-electron chi connectivity index (χ3n) is 3.05. The molecule has 0 saturated carbocycles. The largest absolute Gasteiger partial charge is 0.297 e. The number of hydrogen-bond donors (Lipinski definition) is 0. The summed E-state index contributed by atoms with van der Waals surface area (Å²) in [6, 6.07) is 4.65. The highest BCUT2D eigenvalue weighted by Crippen LogP contribution is 2.25. The van der Waals surface area contributed by atoms with E-state index in [-0.39, 0.29) is 22.2 Å². The molecule has 1 fully saturated rings. The molecule has 0 unspecified atom stereocenters. The van der Waals surface area contributed by atoms with Gasteiger partial charge in [0.15, 0.2) is 9.84 Å². The van der Waals surface area contributed by atoms with Crippen molar-refractivity contribution in [2.24, 2.45) is 0 Å². The molecule has 0 N–H and O–H groups in total. The van der Waals surface area contributed by atoms with Crippen LogP contribution in [-0.2, 0) is 16.4 Å². The SMILES string of the molecule is O=[N+]([O-])c1cc(CN2CCS(=O)(=O)CC2)ccc1Cl. The lowest BCUT2D eigenvalue weighted by molar-refractivity contribution is -0.384. The maximum Gasteiger partial charge on any atom is 0.288 e. The fourth-order valence-electron chi connectivity index (χ4n) is 1.96. The molecule has 0 radical (unpaired) electrons. The topological polar surface area (TPSA) is 80.5 Å². The minimum Gasteiger partial charge on any atom is -0.297 e. The molecule has 1 heterocycles. The lowest BCUT2D eigenvalue weighted by Crippen LogP contribution is -2.39. The zero-order valence-corrected chi connectivity index (χ0v) is 11.7. The molecule has 8 heteroatoms. The van der Waals surface area contributed by atoms with Gasteiger partial charge in [0.1, 0.15) is 5.02 Å². The maximum atomic E-state index is 11.3. The van der Waals surface area contributed by atoms with Crippen molar-refractivity contribution in [2.45, 2.75) is 6.54 Å². The number of sulfone groups is 1. The molecular weight excluding hydrogens is 292 g/mol. The van der Waals surface area contributed by atoms with Crippen LogP contribution in [0.1, 0.15) is 5.56 Å². The predicted octanol–water partition coefficient (Wildman–Crippen LogP) is 1.48. The fraction of sp³-hybridized carbons (Fsp3) is 0.455. The highest BCUT2D eigenvalue weighted by molar-refractivity contribution is 7.91. The summed E-state index contributed by atoms with van der Waals surface area (Å²) in [5.74, 6) is 0.283. The fourth-order valence-corrected chi connectivity index (χ4v) is 3.43. The molecule has 6 nitrogen and oxygen atoms in total. The third kappa shape index (κ3) is 3.65. The first-order valence-corrected chi connectivity index (χ1v) is 7.93. The maximum absolute atomic E-state index is 11.3. The van der Waals surface area contributed by atoms with Crippen molar-refractivity contribution in [1.29, 1.82) is 0 Å². The van der Waals surface area contributed by atoms with Crippen LogP contribution in [0.3, 0.4) is 0 Å². The molecule has 2 rings (SSSR count). The van der Waals surface area contributed by atoms with E-state index < -0.39 is 14.8 Å². The Bertz CT molecular complexity index is 589. The van der Waals surface area contributed by atoms with Gasteiger partial charge in [-0.25, -0.2) is 8.42 Å². The zero-order valence-electron chi connectivity index (χ0n) is 10.1. The number of nitrogens with zero attached hydrogens (tertiary/aromatic N) is 2. The van der Waals surface area contributed by atoms with Crippen LogP contribution >= 0.6 is 11.6 Å². The van der Waals surface area contributed by atoms with Gasteiger partial charge < -0.3 is 0 Å². The number of hydrogen-bond acceptors (Lipinski definition) is 5. The molecule has 1 aliphatic rings. The molecule has 0 aliphatic carbocycles. The first-order chi connectivity index (χ1) is 8.87. The van der Waals surface area contributed by atoms with Crippen LogP contribution in [0.4, 0.5) is 5.69 Å². The number of rotatable bonds is 3. The Balaban J connectivity index is 2.08. The van der Waals surface area contributed by atoms with Crippen molar-refractivity contribution in [3.05, 3.63) is 38.9 Å². The molecule has 0 atom stereocenters. The molecule has 0 bridgehead atoms. The molecule has 19 heavy (non-hydrogen) atoms. The van der Waals surface area contributed by atoms with Crippen LogP contribution in [0.2, 0.25) is 5.02 Å². The summed E-state index contributed by atoms with van der Waals surface area (Å²) in [6.07, 6.45) is 0. The smallest absolute Gasteiger partial charge is 0.288 e. The van der Waals surface area contributed by atoms with Crippen LogP contribution in [0.5, 0.6) is 0 Å². The second-order valence-corrected chi connectivity index (χ2v) is 7.18. The summed E-state index contributed by atoms with van der Waals surface area (Å²) in [5, 5.41) is 10.9. The molecule has 1 aromatic carbocycles. The van der Waals surface area contributed by atoms with Crippen LogP contribution < -0.4 is 0 Å². The van der Waals surface area contributed by atoms with Crippen molar-refractivity contribution < 1.29 is 13.3 Å². The van der Waals surface area contributed by atoms with Crippen LogP contribution in [0, 0.1) is 10.1 Å². The number of nitro groups is 1. The Morgan fingerprint density at radius 3 is 2.53 bits per heavy atom. The van der Waals surface area contributed by atoms with Crippen molar-refractivity contribution in [1.82, 2.24) is 4.90 Å². The van der Waals surface area contributed by atoms with Gasteiger partial charge in [-0.1, -0.05) is 17.7 Å². The average Bonchev–Trinajstić information content (AvgIpc) is 2.34.